The first-order chi connectivity index (χ1) is 42.2. The zero-order valence-electron chi connectivity index (χ0n) is 56.0. The first-order valence-electron chi connectivity index (χ1n) is 35.8. The van der Waals surface area contributed by atoms with Crippen molar-refractivity contribution >= 4 is 39.5 Å². The quantitative estimate of drug-likeness (QED) is 0.0222. The van der Waals surface area contributed by atoms with Gasteiger partial charge in [0.25, 0.3) is 0 Å². The van der Waals surface area contributed by atoms with Crippen molar-refractivity contribution in [1.29, 1.82) is 0 Å². The lowest BCUT2D eigenvalue weighted by Crippen LogP contribution is -2.30. The topological polar surface area (TPSA) is 237 Å². The van der Waals surface area contributed by atoms with E-state index in [4.69, 9.17) is 37.0 Å². The Morgan fingerprint density at radius 3 is 0.678 bits per heavy atom. The molecule has 0 aliphatic heterocycles. The van der Waals surface area contributed by atoms with Crippen LogP contribution in [-0.2, 0) is 65.4 Å². The van der Waals surface area contributed by atoms with E-state index in [1.807, 2.05) is 0 Å². The van der Waals surface area contributed by atoms with E-state index in [9.17, 15) is 43.2 Å². The molecule has 0 radical (unpaired) electrons. The molecule has 0 aliphatic carbocycles. The minimum absolute atomic E-state index is 0.105. The number of carbonyl (C=O) groups is 4. The van der Waals surface area contributed by atoms with Crippen LogP contribution in [0.3, 0.4) is 0 Å². The molecule has 17 nitrogen and oxygen atoms in total. The van der Waals surface area contributed by atoms with Gasteiger partial charge in [-0.25, -0.2) is 9.13 Å². The summed E-state index contributed by atoms with van der Waals surface area (Å²) in [7, 11) is -9.88. The average molecular weight is 1280 g/mol. The van der Waals surface area contributed by atoms with Crippen molar-refractivity contribution in [2.45, 2.75) is 373 Å². The van der Waals surface area contributed by atoms with E-state index in [0.29, 0.717) is 25.7 Å². The molecule has 0 saturated heterocycles. The molecule has 5 atom stereocenters. The highest BCUT2D eigenvalue weighted by Gasteiger charge is 2.30. The van der Waals surface area contributed by atoms with Gasteiger partial charge >= 0.3 is 39.5 Å². The van der Waals surface area contributed by atoms with E-state index in [-0.39, 0.29) is 25.7 Å². The number of hydrogen-bond acceptors (Lipinski definition) is 15. The molecular weight excluding hydrogens is 1150 g/mol. The van der Waals surface area contributed by atoms with Gasteiger partial charge in [-0.15, -0.1) is 0 Å². The van der Waals surface area contributed by atoms with Crippen LogP contribution in [-0.4, -0.2) is 96.7 Å². The molecule has 0 spiro atoms. The summed E-state index contributed by atoms with van der Waals surface area (Å²) < 4.78 is 68.0. The van der Waals surface area contributed by atoms with E-state index in [2.05, 4.69) is 27.7 Å². The lowest BCUT2D eigenvalue weighted by molar-refractivity contribution is -0.161. The number of aliphatic hydroxyl groups excluding tert-OH is 1. The Kier molecular flexibility index (Phi) is 61.4. The average Bonchev–Trinajstić information content (AvgIpc) is 3.62. The number of rotatable bonds is 69. The Hall–Kier alpha value is -1.94. The fourth-order valence-corrected chi connectivity index (χ4v) is 11.9. The van der Waals surface area contributed by atoms with Crippen LogP contribution < -0.4 is 0 Å². The summed E-state index contributed by atoms with van der Waals surface area (Å²) in [5, 5.41) is 10.5. The highest BCUT2D eigenvalue weighted by molar-refractivity contribution is 7.47. The van der Waals surface area contributed by atoms with Crippen LogP contribution in [0.4, 0.5) is 0 Å². The maximum atomic E-state index is 13.0. The summed E-state index contributed by atoms with van der Waals surface area (Å²) in [6, 6.07) is 0. The Labute approximate surface area is 530 Å². The molecule has 0 bridgehead atoms. The third-order valence-corrected chi connectivity index (χ3v) is 17.8. The molecule has 0 amide bonds. The van der Waals surface area contributed by atoms with Gasteiger partial charge in [-0.05, 0) is 25.7 Å². The molecule has 0 rings (SSSR count). The summed E-state index contributed by atoms with van der Waals surface area (Å²) in [4.78, 5) is 72.2. The van der Waals surface area contributed by atoms with Gasteiger partial charge in [0.15, 0.2) is 12.2 Å². The number of esters is 4. The van der Waals surface area contributed by atoms with Gasteiger partial charge in [-0.3, -0.25) is 37.3 Å². The van der Waals surface area contributed by atoms with Crippen LogP contribution in [0.15, 0.2) is 0 Å². The Morgan fingerprint density at radius 1 is 0.276 bits per heavy atom. The van der Waals surface area contributed by atoms with Gasteiger partial charge in [0.05, 0.1) is 26.4 Å². The van der Waals surface area contributed by atoms with Crippen LogP contribution in [0.2, 0.25) is 0 Å². The maximum absolute atomic E-state index is 13.0. The second-order valence-electron chi connectivity index (χ2n) is 24.6. The van der Waals surface area contributed by atoms with Crippen molar-refractivity contribution in [3.63, 3.8) is 0 Å². The van der Waals surface area contributed by atoms with Crippen LogP contribution in [0.5, 0.6) is 0 Å². The zero-order chi connectivity index (χ0) is 64.0. The molecule has 0 fully saturated rings. The Balaban J connectivity index is 5.09. The van der Waals surface area contributed by atoms with Crippen LogP contribution in [0.1, 0.15) is 355 Å². The summed E-state index contributed by atoms with van der Waals surface area (Å²) in [5.41, 5.74) is 0. The van der Waals surface area contributed by atoms with E-state index in [0.717, 1.165) is 103 Å². The predicted octanol–water partition coefficient (Wildman–Crippen LogP) is 19.5. The lowest BCUT2D eigenvalue weighted by atomic mass is 10.0. The number of ether oxygens (including phenoxy) is 4. The fraction of sp³-hybridized carbons (Fsp3) is 0.941. The fourth-order valence-electron chi connectivity index (χ4n) is 10.3. The molecule has 516 valence electrons. The van der Waals surface area contributed by atoms with Crippen molar-refractivity contribution in [1.82, 2.24) is 0 Å². The number of phosphoric acid groups is 2. The van der Waals surface area contributed by atoms with E-state index < -0.39 is 97.5 Å². The number of carbonyl (C=O) groups excluding carboxylic acids is 4. The molecule has 87 heavy (non-hydrogen) atoms. The number of phosphoric ester groups is 2. The minimum Gasteiger partial charge on any atom is -0.462 e. The smallest absolute Gasteiger partial charge is 0.462 e. The summed E-state index contributed by atoms with van der Waals surface area (Å²) >= 11 is 0. The summed E-state index contributed by atoms with van der Waals surface area (Å²) in [5.74, 6) is -2.13. The maximum Gasteiger partial charge on any atom is 0.472 e. The largest absolute Gasteiger partial charge is 0.472 e. The van der Waals surface area contributed by atoms with Gasteiger partial charge in [0.2, 0.25) is 0 Å². The van der Waals surface area contributed by atoms with Crippen LogP contribution in [0, 0.1) is 0 Å². The van der Waals surface area contributed by atoms with Crippen molar-refractivity contribution in [3.05, 3.63) is 0 Å². The van der Waals surface area contributed by atoms with Gasteiger partial charge in [0, 0.05) is 25.7 Å². The molecule has 0 aliphatic rings. The molecule has 0 heterocycles. The minimum atomic E-state index is -4.95. The SMILES string of the molecule is CCCCCCCCCCCCCCCCCCCCCCCC(=O)O[C@H](COC(=O)CCCCCCCCCCCC)COP(=O)(O)OC[C@@H](O)COP(=O)(O)OC[C@@H](COC(=O)CCCCCCCCCC)OC(=O)CCCCCCCCCC. The van der Waals surface area contributed by atoms with E-state index >= 15 is 0 Å². The first kappa shape index (κ1) is 85.1. The molecule has 3 N–H and O–H groups in total. The number of aliphatic hydroxyl groups is 1. The normalized spacial score (nSPS) is 14.1. The zero-order valence-corrected chi connectivity index (χ0v) is 57.8. The van der Waals surface area contributed by atoms with Gasteiger partial charge in [-0.1, -0.05) is 304 Å². The first-order valence-corrected chi connectivity index (χ1v) is 38.8. The van der Waals surface area contributed by atoms with E-state index in [1.54, 1.807) is 0 Å². The van der Waals surface area contributed by atoms with Crippen molar-refractivity contribution in [2.24, 2.45) is 0 Å². The molecule has 0 aromatic heterocycles. The van der Waals surface area contributed by atoms with Crippen LogP contribution in [0.25, 0.3) is 0 Å². The Bertz CT molecular complexity index is 1670. The second-order valence-corrected chi connectivity index (χ2v) is 27.5. The monoisotopic (exact) mass is 1280 g/mol. The molecular formula is C68H132O17P2. The van der Waals surface area contributed by atoms with Gasteiger partial charge in [-0.2, -0.15) is 0 Å². The van der Waals surface area contributed by atoms with Crippen molar-refractivity contribution in [3.8, 4) is 0 Å². The molecule has 19 heteroatoms. The number of hydrogen-bond donors (Lipinski definition) is 3. The van der Waals surface area contributed by atoms with Crippen molar-refractivity contribution < 1.29 is 80.2 Å². The highest BCUT2D eigenvalue weighted by atomic mass is 31.2. The highest BCUT2D eigenvalue weighted by Crippen LogP contribution is 2.45. The standard InChI is InChI=1S/C68H132O17P2/c1-5-9-13-17-21-25-27-28-29-30-31-32-33-34-35-36-37-39-43-47-51-55-68(73)85-64(59-79-66(71)53-49-45-42-38-26-22-18-14-10-6-2)61-83-87(76,77)81-57-62(69)56-80-86(74,75)82-60-63(84-67(72)54-50-46-41-24-20-16-12-8-4)58-78-65(70)52-48-44-40-23-19-15-11-7-3/h62-64,69H,5-61H2,1-4H3,(H,74,75)(H,76,77)/t62-,63+,64+/m0/s1. The molecule has 0 aromatic carbocycles. The third-order valence-electron chi connectivity index (χ3n) is 15.9. The number of unbranched alkanes of at least 4 members (excludes halogenated alkanes) is 43. The molecule has 0 saturated carbocycles. The van der Waals surface area contributed by atoms with E-state index in [1.165, 1.54) is 173 Å². The van der Waals surface area contributed by atoms with Gasteiger partial charge in [0.1, 0.15) is 19.3 Å². The lowest BCUT2D eigenvalue weighted by Gasteiger charge is -2.21. The van der Waals surface area contributed by atoms with Crippen LogP contribution >= 0.6 is 15.6 Å². The summed E-state index contributed by atoms with van der Waals surface area (Å²) in [6.45, 7) is 4.86. The molecule has 2 unspecified atom stereocenters. The third kappa shape index (κ3) is 62.6. The predicted molar refractivity (Wildman–Crippen MR) is 349 cm³/mol. The summed E-state index contributed by atoms with van der Waals surface area (Å²) in [6.07, 6.45) is 50.3. The van der Waals surface area contributed by atoms with Gasteiger partial charge < -0.3 is 33.8 Å². The Morgan fingerprint density at radius 2 is 0.460 bits per heavy atom. The molecule has 0 aromatic rings. The van der Waals surface area contributed by atoms with Crippen molar-refractivity contribution in [2.75, 3.05) is 39.6 Å². The second kappa shape index (κ2) is 62.8.